The Balaban J connectivity index is 0.00000106. The summed E-state index contributed by atoms with van der Waals surface area (Å²) in [7, 11) is 0. The minimum absolute atomic E-state index is 0.705. The van der Waals surface area contributed by atoms with E-state index in [1.165, 1.54) is 24.8 Å². The van der Waals surface area contributed by atoms with Crippen LogP contribution in [0.25, 0.3) is 0 Å². The maximum atomic E-state index is 2.36. The fourth-order valence-corrected chi connectivity index (χ4v) is 1.89. The topological polar surface area (TPSA) is 0 Å². The Kier molecular flexibility index (Phi) is 7.97. The lowest BCUT2D eigenvalue weighted by Crippen LogP contribution is -1.99. The van der Waals surface area contributed by atoms with E-state index >= 15 is 0 Å². The molecule has 0 N–H and O–H groups in total. The van der Waals surface area contributed by atoms with Crippen LogP contribution in [-0.2, 0) is 6.42 Å². The standard InChI is InChI=1S/C14H22.C2H6/c1-5-7-13-9-8-11(3)10-14(13)12(4)6-2;1-2/h8-10,12H,5-7H2,1-4H3;1-2H3. The van der Waals surface area contributed by atoms with E-state index in [1.54, 1.807) is 11.1 Å². The molecule has 0 saturated carbocycles. The lowest BCUT2D eigenvalue weighted by molar-refractivity contribution is 0.717. The zero-order chi connectivity index (χ0) is 12.6. The van der Waals surface area contributed by atoms with E-state index in [1.807, 2.05) is 13.8 Å². The summed E-state index contributed by atoms with van der Waals surface area (Å²) >= 11 is 0. The van der Waals surface area contributed by atoms with Gasteiger partial charge in [-0.3, -0.25) is 0 Å². The summed E-state index contributed by atoms with van der Waals surface area (Å²) < 4.78 is 0. The Labute approximate surface area is 102 Å². The average molecular weight is 220 g/mol. The van der Waals surface area contributed by atoms with Crippen LogP contribution in [0.4, 0.5) is 0 Å². The van der Waals surface area contributed by atoms with Crippen molar-refractivity contribution in [2.45, 2.75) is 66.7 Å². The van der Waals surface area contributed by atoms with Crippen molar-refractivity contribution >= 4 is 0 Å². The van der Waals surface area contributed by atoms with Gasteiger partial charge in [-0.15, -0.1) is 0 Å². The first kappa shape index (κ1) is 15.2. The van der Waals surface area contributed by atoms with Crippen molar-refractivity contribution in [2.75, 3.05) is 0 Å². The third-order valence-electron chi connectivity index (χ3n) is 2.96. The minimum atomic E-state index is 0.705. The molecule has 0 aliphatic rings. The monoisotopic (exact) mass is 220 g/mol. The van der Waals surface area contributed by atoms with Crippen molar-refractivity contribution in [1.29, 1.82) is 0 Å². The van der Waals surface area contributed by atoms with Gasteiger partial charge in [0, 0.05) is 0 Å². The summed E-state index contributed by atoms with van der Waals surface area (Å²) in [4.78, 5) is 0. The second-order valence-electron chi connectivity index (χ2n) is 4.26. The van der Waals surface area contributed by atoms with E-state index in [-0.39, 0.29) is 0 Å². The summed E-state index contributed by atoms with van der Waals surface area (Å²) in [5.74, 6) is 0.705. The highest BCUT2D eigenvalue weighted by molar-refractivity contribution is 5.34. The second kappa shape index (κ2) is 8.38. The third-order valence-corrected chi connectivity index (χ3v) is 2.96. The molecule has 0 heteroatoms. The fourth-order valence-electron chi connectivity index (χ4n) is 1.89. The first-order chi connectivity index (χ1) is 7.69. The maximum absolute atomic E-state index is 2.36. The van der Waals surface area contributed by atoms with Crippen LogP contribution in [0.5, 0.6) is 0 Å². The van der Waals surface area contributed by atoms with Crippen LogP contribution in [-0.4, -0.2) is 0 Å². The minimum Gasteiger partial charge on any atom is -0.0683 e. The first-order valence-electron chi connectivity index (χ1n) is 6.78. The predicted octanol–water partition coefficient (Wildman–Crippen LogP) is 5.49. The van der Waals surface area contributed by atoms with Crippen LogP contribution in [0.1, 0.15) is 70.1 Å². The Morgan fingerprint density at radius 2 is 1.75 bits per heavy atom. The maximum Gasteiger partial charge on any atom is -0.0190 e. The second-order valence-corrected chi connectivity index (χ2v) is 4.26. The van der Waals surface area contributed by atoms with Gasteiger partial charge in [0.1, 0.15) is 0 Å². The Morgan fingerprint density at radius 1 is 1.12 bits per heavy atom. The molecule has 0 heterocycles. The Hall–Kier alpha value is -0.780. The highest BCUT2D eigenvalue weighted by atomic mass is 14.1. The van der Waals surface area contributed by atoms with Crippen LogP contribution in [0.3, 0.4) is 0 Å². The van der Waals surface area contributed by atoms with Crippen LogP contribution in [0.2, 0.25) is 0 Å². The zero-order valence-electron chi connectivity index (χ0n) is 11.9. The van der Waals surface area contributed by atoms with E-state index in [9.17, 15) is 0 Å². The molecule has 0 bridgehead atoms. The molecule has 1 unspecified atom stereocenters. The van der Waals surface area contributed by atoms with E-state index < -0.39 is 0 Å². The predicted molar refractivity (Wildman–Crippen MR) is 75.2 cm³/mol. The molecule has 1 aromatic carbocycles. The largest absolute Gasteiger partial charge is 0.0683 e. The van der Waals surface area contributed by atoms with Crippen LogP contribution in [0.15, 0.2) is 18.2 Å². The summed E-state index contributed by atoms with van der Waals surface area (Å²) in [6.07, 6.45) is 3.70. The Bertz CT molecular complexity index is 286. The van der Waals surface area contributed by atoms with E-state index in [0.717, 1.165) is 0 Å². The molecule has 1 rings (SSSR count). The average Bonchev–Trinajstić information content (AvgIpc) is 2.33. The molecule has 0 amide bonds. The molecule has 0 nitrogen and oxygen atoms in total. The lowest BCUT2D eigenvalue weighted by atomic mass is 9.90. The third kappa shape index (κ3) is 4.38. The van der Waals surface area contributed by atoms with E-state index in [4.69, 9.17) is 0 Å². The van der Waals surface area contributed by atoms with Gasteiger partial charge in [0.25, 0.3) is 0 Å². The van der Waals surface area contributed by atoms with Gasteiger partial charge in [0.2, 0.25) is 0 Å². The molecule has 1 aromatic rings. The molecule has 92 valence electrons. The molecule has 16 heavy (non-hydrogen) atoms. The van der Waals surface area contributed by atoms with Gasteiger partial charge in [-0.1, -0.05) is 64.8 Å². The summed E-state index contributed by atoms with van der Waals surface area (Å²) in [5, 5.41) is 0. The summed E-state index contributed by atoms with van der Waals surface area (Å²) in [6, 6.07) is 6.90. The van der Waals surface area contributed by atoms with Crippen molar-refractivity contribution in [3.05, 3.63) is 34.9 Å². The molecule has 0 aliphatic heterocycles. The van der Waals surface area contributed by atoms with Crippen LogP contribution < -0.4 is 0 Å². The number of hydrogen-bond acceptors (Lipinski definition) is 0. The molecule has 0 aromatic heterocycles. The molecule has 0 radical (unpaired) electrons. The van der Waals surface area contributed by atoms with E-state index in [2.05, 4.69) is 45.9 Å². The molecule has 0 aliphatic carbocycles. The van der Waals surface area contributed by atoms with Gasteiger partial charge in [-0.05, 0) is 36.8 Å². The van der Waals surface area contributed by atoms with Gasteiger partial charge >= 0.3 is 0 Å². The van der Waals surface area contributed by atoms with Gasteiger partial charge in [0.05, 0.1) is 0 Å². The quantitative estimate of drug-likeness (QED) is 0.629. The van der Waals surface area contributed by atoms with Crippen molar-refractivity contribution in [3.63, 3.8) is 0 Å². The van der Waals surface area contributed by atoms with Gasteiger partial charge in [0.15, 0.2) is 0 Å². The molecule has 0 fully saturated rings. The number of benzene rings is 1. The smallest absolute Gasteiger partial charge is 0.0190 e. The summed E-state index contributed by atoms with van der Waals surface area (Å²) in [6.45, 7) is 13.0. The normalized spacial score (nSPS) is 11.6. The first-order valence-corrected chi connectivity index (χ1v) is 6.78. The van der Waals surface area contributed by atoms with Gasteiger partial charge < -0.3 is 0 Å². The molecule has 1 atom stereocenters. The van der Waals surface area contributed by atoms with Crippen molar-refractivity contribution in [2.24, 2.45) is 0 Å². The van der Waals surface area contributed by atoms with Crippen molar-refractivity contribution in [1.82, 2.24) is 0 Å². The molecular weight excluding hydrogens is 192 g/mol. The highest BCUT2D eigenvalue weighted by Crippen LogP contribution is 2.24. The van der Waals surface area contributed by atoms with Gasteiger partial charge in [-0.2, -0.15) is 0 Å². The van der Waals surface area contributed by atoms with E-state index in [0.29, 0.717) is 5.92 Å². The Morgan fingerprint density at radius 3 is 2.25 bits per heavy atom. The molecule has 0 spiro atoms. The van der Waals surface area contributed by atoms with Crippen molar-refractivity contribution in [3.8, 4) is 0 Å². The van der Waals surface area contributed by atoms with Gasteiger partial charge in [-0.25, -0.2) is 0 Å². The molecule has 0 saturated heterocycles. The van der Waals surface area contributed by atoms with Crippen LogP contribution >= 0.6 is 0 Å². The van der Waals surface area contributed by atoms with Crippen molar-refractivity contribution < 1.29 is 0 Å². The van der Waals surface area contributed by atoms with Crippen LogP contribution in [0, 0.1) is 6.92 Å². The summed E-state index contributed by atoms with van der Waals surface area (Å²) in [5.41, 5.74) is 4.50. The fraction of sp³-hybridized carbons (Fsp3) is 0.625. The zero-order valence-corrected chi connectivity index (χ0v) is 11.9. The SMILES string of the molecule is CC.CCCc1ccc(C)cc1C(C)CC. The molecular formula is C16H28. The number of hydrogen-bond donors (Lipinski definition) is 0. The number of rotatable bonds is 4. The highest BCUT2D eigenvalue weighted by Gasteiger charge is 2.08. The number of aryl methyl sites for hydroxylation is 2. The lowest BCUT2D eigenvalue weighted by Gasteiger charge is -2.15.